The average Bonchev–Trinajstić information content (AvgIpc) is 2.50. The van der Waals surface area contributed by atoms with Gasteiger partial charge in [0.2, 0.25) is 0 Å². The minimum absolute atomic E-state index is 0.184. The van der Waals surface area contributed by atoms with Gasteiger partial charge in [-0.25, -0.2) is 0 Å². The Balaban J connectivity index is 2.39. The molecule has 0 aromatic heterocycles. The second kappa shape index (κ2) is 4.17. The van der Waals surface area contributed by atoms with E-state index in [1.54, 1.807) is 0 Å². The Bertz CT molecular complexity index is 216. The van der Waals surface area contributed by atoms with Crippen molar-refractivity contribution in [2.75, 3.05) is 13.2 Å². The molecule has 3 heteroatoms. The van der Waals surface area contributed by atoms with Crippen molar-refractivity contribution in [3.63, 3.8) is 0 Å². The summed E-state index contributed by atoms with van der Waals surface area (Å²) >= 11 is 0. The first-order valence-electron chi connectivity index (χ1n) is 5.25. The van der Waals surface area contributed by atoms with Crippen molar-refractivity contribution in [1.29, 1.82) is 0 Å². The molecule has 82 valence electrons. The summed E-state index contributed by atoms with van der Waals surface area (Å²) in [5, 5.41) is 0.287. The highest BCUT2D eigenvalue weighted by Gasteiger charge is 2.37. The normalized spacial score (nSPS) is 23.1. The lowest BCUT2D eigenvalue weighted by Crippen LogP contribution is -2.42. The van der Waals surface area contributed by atoms with E-state index in [1.807, 2.05) is 0 Å². The molecular formula is C11H22O2Si. The van der Waals surface area contributed by atoms with Crippen LogP contribution in [0.4, 0.5) is 0 Å². The Kier molecular flexibility index (Phi) is 3.56. The molecule has 0 N–H and O–H groups in total. The van der Waals surface area contributed by atoms with E-state index in [0.29, 0.717) is 6.61 Å². The summed E-state index contributed by atoms with van der Waals surface area (Å²) in [6, 6.07) is 0. The predicted octanol–water partition coefficient (Wildman–Crippen LogP) is 2.96. The molecule has 2 nitrogen and oxygen atoms in total. The summed E-state index contributed by atoms with van der Waals surface area (Å²) < 4.78 is 11.5. The third-order valence-electron chi connectivity index (χ3n) is 3.17. The van der Waals surface area contributed by atoms with Gasteiger partial charge in [0.1, 0.15) is 0 Å². The molecule has 1 heterocycles. The third kappa shape index (κ3) is 2.94. The molecule has 0 saturated carbocycles. The largest absolute Gasteiger partial charge is 0.414 e. The lowest BCUT2D eigenvalue weighted by atomic mass is 10.2. The van der Waals surface area contributed by atoms with Crippen molar-refractivity contribution in [2.45, 2.75) is 45.0 Å². The van der Waals surface area contributed by atoms with E-state index < -0.39 is 8.32 Å². The minimum atomic E-state index is -1.59. The molecule has 0 saturated heterocycles. The molecule has 0 amide bonds. The van der Waals surface area contributed by atoms with Crippen molar-refractivity contribution in [1.82, 2.24) is 0 Å². The molecule has 0 spiro atoms. The summed E-state index contributed by atoms with van der Waals surface area (Å²) in [7, 11) is -1.59. The van der Waals surface area contributed by atoms with E-state index in [0.717, 1.165) is 6.61 Å². The number of hydrogen-bond acceptors (Lipinski definition) is 2. The maximum absolute atomic E-state index is 6.04. The molecule has 1 atom stereocenters. The lowest BCUT2D eigenvalue weighted by molar-refractivity contribution is 0.0786. The van der Waals surface area contributed by atoms with Crippen LogP contribution < -0.4 is 0 Å². The van der Waals surface area contributed by atoms with Gasteiger partial charge in [0, 0.05) is 0 Å². The second-order valence-corrected chi connectivity index (χ2v) is 10.2. The first kappa shape index (κ1) is 11.9. The fraction of sp³-hybridized carbons (Fsp3) is 0.818. The van der Waals surface area contributed by atoms with Crippen molar-refractivity contribution >= 4 is 8.32 Å². The lowest BCUT2D eigenvalue weighted by Gasteiger charge is -2.36. The number of rotatable bonds is 3. The van der Waals surface area contributed by atoms with Gasteiger partial charge in [-0.05, 0) is 18.1 Å². The molecule has 0 aromatic carbocycles. The Morgan fingerprint density at radius 3 is 2.50 bits per heavy atom. The summed E-state index contributed by atoms with van der Waals surface area (Å²) in [6.45, 7) is 12.8. The van der Waals surface area contributed by atoms with E-state index in [2.05, 4.69) is 46.0 Å². The predicted molar refractivity (Wildman–Crippen MR) is 62.0 cm³/mol. The maximum atomic E-state index is 6.04. The summed E-state index contributed by atoms with van der Waals surface area (Å²) in [4.78, 5) is 0. The monoisotopic (exact) mass is 214 g/mol. The van der Waals surface area contributed by atoms with Gasteiger partial charge in [-0.2, -0.15) is 0 Å². The summed E-state index contributed by atoms with van der Waals surface area (Å²) in [6.07, 6.45) is 4.33. The minimum Gasteiger partial charge on any atom is -0.414 e. The van der Waals surface area contributed by atoms with Crippen LogP contribution in [0.1, 0.15) is 20.8 Å². The van der Waals surface area contributed by atoms with Crippen molar-refractivity contribution in [3.8, 4) is 0 Å². The van der Waals surface area contributed by atoms with Gasteiger partial charge in [0.05, 0.1) is 19.3 Å². The molecule has 0 bridgehead atoms. The zero-order valence-electron chi connectivity index (χ0n) is 9.96. The quantitative estimate of drug-likeness (QED) is 0.531. The third-order valence-corrected chi connectivity index (χ3v) is 7.67. The van der Waals surface area contributed by atoms with Crippen molar-refractivity contribution in [2.24, 2.45) is 0 Å². The van der Waals surface area contributed by atoms with Crippen LogP contribution in [0.5, 0.6) is 0 Å². The molecule has 0 fully saturated rings. The Morgan fingerprint density at radius 1 is 1.43 bits per heavy atom. The molecule has 1 aliphatic rings. The van der Waals surface area contributed by atoms with E-state index in [4.69, 9.17) is 9.16 Å². The van der Waals surface area contributed by atoms with Crippen molar-refractivity contribution < 1.29 is 9.16 Å². The van der Waals surface area contributed by atoms with Crippen LogP contribution >= 0.6 is 0 Å². The van der Waals surface area contributed by atoms with E-state index in [9.17, 15) is 0 Å². The van der Waals surface area contributed by atoms with E-state index in [1.165, 1.54) is 0 Å². The zero-order chi connectivity index (χ0) is 10.8. The molecule has 0 aliphatic carbocycles. The molecule has 1 rings (SSSR count). The Hall–Kier alpha value is -0.123. The average molecular weight is 214 g/mol. The highest BCUT2D eigenvalue weighted by atomic mass is 28.4. The van der Waals surface area contributed by atoms with Gasteiger partial charge in [-0.3, -0.25) is 0 Å². The first-order valence-corrected chi connectivity index (χ1v) is 8.16. The highest BCUT2D eigenvalue weighted by molar-refractivity contribution is 6.74. The van der Waals surface area contributed by atoms with Crippen LogP contribution in [0.25, 0.3) is 0 Å². The number of ether oxygens (including phenoxy) is 1. The topological polar surface area (TPSA) is 18.5 Å². The Labute approximate surface area is 88.4 Å². The van der Waals surface area contributed by atoms with Crippen LogP contribution in [0, 0.1) is 0 Å². The van der Waals surface area contributed by atoms with Crippen LogP contribution in [0.15, 0.2) is 12.2 Å². The molecule has 14 heavy (non-hydrogen) atoms. The van der Waals surface area contributed by atoms with Crippen molar-refractivity contribution in [3.05, 3.63) is 12.2 Å². The van der Waals surface area contributed by atoms with Gasteiger partial charge in [-0.1, -0.05) is 32.9 Å². The summed E-state index contributed by atoms with van der Waals surface area (Å²) in [5.41, 5.74) is 0. The first-order chi connectivity index (χ1) is 6.33. The fourth-order valence-electron chi connectivity index (χ4n) is 1.05. The standard InChI is InChI=1S/C11H22O2Si/c1-11(2,3)14(4,5)13-9-10-7-6-8-12-10/h6-7,10H,8-9H2,1-5H3. The molecule has 0 aromatic rings. The van der Waals surface area contributed by atoms with Crippen LogP contribution in [0.3, 0.4) is 0 Å². The van der Waals surface area contributed by atoms with E-state index in [-0.39, 0.29) is 11.1 Å². The van der Waals surface area contributed by atoms with Gasteiger partial charge in [0.15, 0.2) is 8.32 Å². The fourth-order valence-corrected chi connectivity index (χ4v) is 2.07. The zero-order valence-corrected chi connectivity index (χ0v) is 11.0. The summed E-state index contributed by atoms with van der Waals surface area (Å²) in [5.74, 6) is 0. The maximum Gasteiger partial charge on any atom is 0.192 e. The Morgan fingerprint density at radius 2 is 2.07 bits per heavy atom. The van der Waals surface area contributed by atoms with Crippen LogP contribution in [-0.4, -0.2) is 27.6 Å². The highest BCUT2D eigenvalue weighted by Crippen LogP contribution is 2.36. The van der Waals surface area contributed by atoms with Gasteiger partial charge in [0.25, 0.3) is 0 Å². The SMILES string of the molecule is CC(C)(C)[Si](C)(C)OCC1C=CCO1. The van der Waals surface area contributed by atoms with Gasteiger partial charge < -0.3 is 9.16 Å². The van der Waals surface area contributed by atoms with Gasteiger partial charge in [-0.15, -0.1) is 0 Å². The molecule has 1 aliphatic heterocycles. The number of hydrogen-bond donors (Lipinski definition) is 0. The van der Waals surface area contributed by atoms with E-state index >= 15 is 0 Å². The smallest absolute Gasteiger partial charge is 0.192 e. The van der Waals surface area contributed by atoms with Crippen LogP contribution in [0.2, 0.25) is 18.1 Å². The second-order valence-electron chi connectivity index (χ2n) is 5.37. The molecular weight excluding hydrogens is 192 g/mol. The molecule has 1 unspecified atom stereocenters. The van der Waals surface area contributed by atoms with Gasteiger partial charge >= 0.3 is 0 Å². The molecule has 0 radical (unpaired) electrons. The van der Waals surface area contributed by atoms with Crippen LogP contribution in [-0.2, 0) is 9.16 Å².